The molecular weight excluding hydrogens is 482 g/mol. The summed E-state index contributed by atoms with van der Waals surface area (Å²) in [6.07, 6.45) is 0. The average molecular weight is 508 g/mol. The molecule has 1 atom stereocenters. The number of benzene rings is 3. The number of aliphatic hydroxyl groups excluding tert-OH is 1. The molecule has 0 aliphatic carbocycles. The minimum absolute atomic E-state index is 0.0456. The number of aliphatic hydroxyl groups is 1. The Bertz CT molecular complexity index is 1350. The fraction of sp³-hybridized carbons (Fsp3) is 0.214. The Morgan fingerprint density at radius 1 is 1.00 bits per heavy atom. The summed E-state index contributed by atoms with van der Waals surface area (Å²) in [6, 6.07) is 16.0. The van der Waals surface area contributed by atoms with Gasteiger partial charge in [-0.15, -0.1) is 0 Å². The van der Waals surface area contributed by atoms with E-state index in [9.17, 15) is 14.7 Å². The lowest BCUT2D eigenvalue weighted by Crippen LogP contribution is -2.30. The van der Waals surface area contributed by atoms with Crippen LogP contribution < -0.4 is 19.1 Å². The van der Waals surface area contributed by atoms with Gasteiger partial charge in [0.05, 0.1) is 32.4 Å². The third kappa shape index (κ3) is 4.38. The number of rotatable bonds is 7. The lowest BCUT2D eigenvalue weighted by atomic mass is 9.94. The Labute approximate surface area is 214 Å². The van der Waals surface area contributed by atoms with Crippen molar-refractivity contribution in [2.24, 2.45) is 0 Å². The summed E-state index contributed by atoms with van der Waals surface area (Å²) in [5.41, 5.74) is 1.99. The monoisotopic (exact) mass is 507 g/mol. The highest BCUT2D eigenvalue weighted by Gasteiger charge is 2.47. The highest BCUT2D eigenvalue weighted by Crippen LogP contribution is 2.45. The van der Waals surface area contributed by atoms with Crippen molar-refractivity contribution in [2.75, 3.05) is 25.7 Å². The van der Waals surface area contributed by atoms with Crippen molar-refractivity contribution in [1.29, 1.82) is 0 Å². The molecule has 36 heavy (non-hydrogen) atoms. The van der Waals surface area contributed by atoms with Gasteiger partial charge in [0.25, 0.3) is 11.7 Å². The van der Waals surface area contributed by atoms with Crippen LogP contribution in [-0.2, 0) is 9.59 Å². The number of amides is 1. The molecule has 3 aromatic rings. The van der Waals surface area contributed by atoms with Crippen molar-refractivity contribution in [1.82, 2.24) is 0 Å². The van der Waals surface area contributed by atoms with E-state index in [1.807, 2.05) is 6.92 Å². The summed E-state index contributed by atoms with van der Waals surface area (Å²) < 4.78 is 16.3. The van der Waals surface area contributed by atoms with Crippen molar-refractivity contribution >= 4 is 34.7 Å². The van der Waals surface area contributed by atoms with Crippen LogP contribution in [0.1, 0.15) is 29.7 Å². The second-order valence-corrected chi connectivity index (χ2v) is 8.53. The quantitative estimate of drug-likeness (QED) is 0.251. The van der Waals surface area contributed by atoms with Gasteiger partial charge < -0.3 is 19.3 Å². The van der Waals surface area contributed by atoms with E-state index in [-0.39, 0.29) is 11.3 Å². The lowest BCUT2D eigenvalue weighted by molar-refractivity contribution is -0.132. The van der Waals surface area contributed by atoms with E-state index in [1.165, 1.54) is 19.1 Å². The van der Waals surface area contributed by atoms with E-state index in [0.29, 0.717) is 51.3 Å². The topological polar surface area (TPSA) is 85.3 Å². The second-order valence-electron chi connectivity index (χ2n) is 8.12. The van der Waals surface area contributed by atoms with Crippen molar-refractivity contribution < 1.29 is 28.9 Å². The maximum absolute atomic E-state index is 13.4. The Morgan fingerprint density at radius 3 is 2.33 bits per heavy atom. The maximum Gasteiger partial charge on any atom is 0.300 e. The first-order valence-electron chi connectivity index (χ1n) is 11.3. The summed E-state index contributed by atoms with van der Waals surface area (Å²) in [5, 5.41) is 11.8. The minimum Gasteiger partial charge on any atom is -0.507 e. The molecule has 0 bridgehead atoms. The van der Waals surface area contributed by atoms with Gasteiger partial charge in [-0.25, -0.2) is 0 Å². The summed E-state index contributed by atoms with van der Waals surface area (Å²) >= 11 is 6.36. The zero-order valence-electron chi connectivity index (χ0n) is 20.4. The molecule has 8 heteroatoms. The number of hydrogen-bond acceptors (Lipinski definition) is 6. The largest absolute Gasteiger partial charge is 0.507 e. The van der Waals surface area contributed by atoms with Crippen LogP contribution in [0.3, 0.4) is 0 Å². The molecule has 1 heterocycles. The molecule has 7 nitrogen and oxygen atoms in total. The van der Waals surface area contributed by atoms with Crippen molar-refractivity contribution in [3.63, 3.8) is 0 Å². The Kier molecular flexibility index (Phi) is 7.22. The van der Waals surface area contributed by atoms with Gasteiger partial charge in [0.2, 0.25) is 0 Å². The highest BCUT2D eigenvalue weighted by molar-refractivity contribution is 6.52. The number of nitrogens with zero attached hydrogens (tertiary/aromatic N) is 1. The Balaban J connectivity index is 1.95. The van der Waals surface area contributed by atoms with Crippen molar-refractivity contribution in [2.45, 2.75) is 19.9 Å². The number of halogens is 1. The minimum atomic E-state index is -0.937. The molecule has 1 aliphatic rings. The Morgan fingerprint density at radius 2 is 1.69 bits per heavy atom. The number of ether oxygens (including phenoxy) is 3. The first-order valence-corrected chi connectivity index (χ1v) is 11.7. The third-order valence-corrected chi connectivity index (χ3v) is 6.51. The molecule has 4 rings (SSSR count). The summed E-state index contributed by atoms with van der Waals surface area (Å²) in [5.74, 6) is -0.333. The number of methoxy groups -OCH3 is 2. The number of anilines is 1. The fourth-order valence-electron chi connectivity index (χ4n) is 4.31. The summed E-state index contributed by atoms with van der Waals surface area (Å²) in [6.45, 7) is 4.14. The van der Waals surface area contributed by atoms with Gasteiger partial charge in [-0.2, -0.15) is 0 Å². The molecule has 1 aliphatic heterocycles. The molecular formula is C28H26ClNO6. The third-order valence-electron chi connectivity index (χ3n) is 6.11. The molecule has 186 valence electrons. The second kappa shape index (κ2) is 10.3. The molecule has 0 saturated carbocycles. The zero-order chi connectivity index (χ0) is 26.0. The van der Waals surface area contributed by atoms with E-state index in [4.69, 9.17) is 25.8 Å². The first-order chi connectivity index (χ1) is 17.3. The van der Waals surface area contributed by atoms with Crippen LogP contribution in [0.2, 0.25) is 5.02 Å². The predicted molar refractivity (Wildman–Crippen MR) is 138 cm³/mol. The maximum atomic E-state index is 13.4. The molecule has 1 fully saturated rings. The molecule has 1 amide bonds. The molecule has 1 unspecified atom stereocenters. The SMILES string of the molecule is CCOc1ccc(/C(O)=C2\C(=O)C(=O)N(c3cccc(Cl)c3C)C2c2ccc(OC)c(OC)c2)cc1. The summed E-state index contributed by atoms with van der Waals surface area (Å²) in [4.78, 5) is 28.2. The van der Waals surface area contributed by atoms with Crippen LogP contribution in [-0.4, -0.2) is 37.6 Å². The van der Waals surface area contributed by atoms with Crippen LogP contribution in [0.4, 0.5) is 5.69 Å². The molecule has 1 N–H and O–H groups in total. The normalized spacial score (nSPS) is 16.8. The number of ketones is 1. The molecule has 0 aromatic heterocycles. The molecule has 1 saturated heterocycles. The first kappa shape index (κ1) is 25.1. The van der Waals surface area contributed by atoms with E-state index >= 15 is 0 Å². The standard InChI is InChI=1S/C28H26ClNO6/c1-5-36-19-12-9-17(10-13-19)26(31)24-25(18-11-14-22(34-3)23(15-18)35-4)30(28(33)27(24)32)21-8-6-7-20(29)16(21)2/h6-15,25,31H,5H2,1-4H3/b26-24+. The van der Waals surface area contributed by atoms with Gasteiger partial charge in [-0.1, -0.05) is 23.7 Å². The molecule has 0 spiro atoms. The van der Waals surface area contributed by atoms with E-state index in [1.54, 1.807) is 67.6 Å². The predicted octanol–water partition coefficient (Wildman–Crippen LogP) is 5.69. The van der Waals surface area contributed by atoms with Crippen LogP contribution >= 0.6 is 11.6 Å². The Hall–Kier alpha value is -3.97. The van der Waals surface area contributed by atoms with E-state index in [0.717, 1.165) is 0 Å². The fourth-order valence-corrected chi connectivity index (χ4v) is 4.48. The van der Waals surface area contributed by atoms with Gasteiger partial charge in [0.1, 0.15) is 11.5 Å². The van der Waals surface area contributed by atoms with Crippen LogP contribution in [0, 0.1) is 6.92 Å². The summed E-state index contributed by atoms with van der Waals surface area (Å²) in [7, 11) is 3.02. The van der Waals surface area contributed by atoms with Crippen molar-refractivity contribution in [3.05, 3.63) is 87.9 Å². The smallest absolute Gasteiger partial charge is 0.300 e. The lowest BCUT2D eigenvalue weighted by Gasteiger charge is -2.27. The van der Waals surface area contributed by atoms with Crippen LogP contribution in [0.5, 0.6) is 17.2 Å². The van der Waals surface area contributed by atoms with Gasteiger partial charge >= 0.3 is 0 Å². The van der Waals surface area contributed by atoms with Crippen LogP contribution in [0.25, 0.3) is 5.76 Å². The molecule has 3 aromatic carbocycles. The van der Waals surface area contributed by atoms with Gasteiger partial charge in [0, 0.05) is 16.3 Å². The van der Waals surface area contributed by atoms with Gasteiger partial charge in [0.15, 0.2) is 11.5 Å². The highest BCUT2D eigenvalue weighted by atomic mass is 35.5. The van der Waals surface area contributed by atoms with Crippen LogP contribution in [0.15, 0.2) is 66.2 Å². The number of hydrogen-bond donors (Lipinski definition) is 1. The number of carbonyl (C=O) groups excluding carboxylic acids is 2. The van der Waals surface area contributed by atoms with Gasteiger partial charge in [-0.3, -0.25) is 14.5 Å². The van der Waals surface area contributed by atoms with E-state index < -0.39 is 17.7 Å². The molecule has 0 radical (unpaired) electrons. The van der Waals surface area contributed by atoms with E-state index in [2.05, 4.69) is 0 Å². The number of Topliss-reactive ketones (excluding diaryl/α,β-unsaturated/α-hetero) is 1. The van der Waals surface area contributed by atoms with Gasteiger partial charge in [-0.05, 0) is 73.5 Å². The zero-order valence-corrected chi connectivity index (χ0v) is 21.1. The van der Waals surface area contributed by atoms with Crippen molar-refractivity contribution in [3.8, 4) is 17.2 Å². The average Bonchev–Trinajstić information content (AvgIpc) is 3.15. The number of carbonyl (C=O) groups is 2.